The number of nitrogens with two attached hydrogens (primary N) is 3. The van der Waals surface area contributed by atoms with Gasteiger partial charge in [-0.25, -0.2) is 10.6 Å². The number of thiophene rings is 1. The minimum absolute atomic E-state index is 0.194. The van der Waals surface area contributed by atoms with Gasteiger partial charge in [-0.2, -0.15) is 0 Å². The number of rotatable bonds is 11. The topological polar surface area (TPSA) is 174 Å². The fraction of sp³-hybridized carbons (Fsp3) is 0.0870. The number of benzene rings is 2. The minimum atomic E-state index is -1.14. The summed E-state index contributed by atoms with van der Waals surface area (Å²) in [5, 5.41) is 13.4. The highest BCUT2D eigenvalue weighted by Crippen LogP contribution is 2.45. The first-order valence-corrected chi connectivity index (χ1v) is 11.7. The Balaban J connectivity index is 1.71. The van der Waals surface area contributed by atoms with Gasteiger partial charge in [0.25, 0.3) is 0 Å². The van der Waals surface area contributed by atoms with Crippen molar-refractivity contribution in [3.05, 3.63) is 75.3 Å². The molecule has 0 spiro atoms. The lowest BCUT2D eigenvalue weighted by Gasteiger charge is -2.16. The molecule has 1 amide bonds. The van der Waals surface area contributed by atoms with Gasteiger partial charge in [0.1, 0.15) is 4.88 Å². The molecule has 8 N–H and O–H groups in total. The second-order valence-corrected chi connectivity index (χ2v) is 9.04. The molecule has 0 radical (unpaired) electrons. The molecule has 35 heavy (non-hydrogen) atoms. The SMILES string of the molecule is NC(=O)c1ccc(N(N)/C=C(\N)CNc2cccc(-c3sc(C=O)c(OCC(=O)O)c3Br)c2)cc1. The molecule has 10 nitrogen and oxygen atoms in total. The average Bonchev–Trinajstić information content (AvgIpc) is 3.16. The van der Waals surface area contributed by atoms with Crippen LogP contribution >= 0.6 is 27.3 Å². The molecule has 0 aliphatic rings. The van der Waals surface area contributed by atoms with Crippen LogP contribution in [0.2, 0.25) is 0 Å². The van der Waals surface area contributed by atoms with Gasteiger partial charge in [0.15, 0.2) is 18.6 Å². The lowest BCUT2D eigenvalue weighted by Crippen LogP contribution is -2.27. The quantitative estimate of drug-likeness (QED) is 0.134. The summed E-state index contributed by atoms with van der Waals surface area (Å²) >= 11 is 4.60. The third-order valence-corrected chi connectivity index (χ3v) is 6.82. The molecule has 182 valence electrons. The maximum Gasteiger partial charge on any atom is 0.341 e. The van der Waals surface area contributed by atoms with Gasteiger partial charge in [0, 0.05) is 23.1 Å². The summed E-state index contributed by atoms with van der Waals surface area (Å²) in [6, 6.07) is 13.9. The zero-order valence-corrected chi connectivity index (χ0v) is 20.6. The molecule has 0 saturated heterocycles. The predicted octanol–water partition coefficient (Wildman–Crippen LogP) is 3.14. The van der Waals surface area contributed by atoms with E-state index in [9.17, 15) is 14.4 Å². The van der Waals surface area contributed by atoms with Crippen molar-refractivity contribution in [2.75, 3.05) is 23.5 Å². The summed E-state index contributed by atoms with van der Waals surface area (Å²) in [6.07, 6.45) is 2.18. The summed E-state index contributed by atoms with van der Waals surface area (Å²) in [5.41, 5.74) is 14.3. The summed E-state index contributed by atoms with van der Waals surface area (Å²) < 4.78 is 5.78. The number of aliphatic carboxylic acids is 1. The molecule has 0 bridgehead atoms. The normalized spacial score (nSPS) is 11.1. The number of halogens is 1. The van der Waals surface area contributed by atoms with E-state index in [0.717, 1.165) is 11.3 Å². The molecule has 0 atom stereocenters. The van der Waals surface area contributed by atoms with E-state index < -0.39 is 18.5 Å². The Morgan fingerprint density at radius 2 is 1.89 bits per heavy atom. The Hall–Kier alpha value is -3.87. The highest BCUT2D eigenvalue weighted by atomic mass is 79.9. The zero-order chi connectivity index (χ0) is 25.5. The van der Waals surface area contributed by atoms with Crippen molar-refractivity contribution in [3.63, 3.8) is 0 Å². The van der Waals surface area contributed by atoms with E-state index in [1.165, 1.54) is 16.3 Å². The number of primary amides is 1. The van der Waals surface area contributed by atoms with E-state index in [-0.39, 0.29) is 17.2 Å². The maximum atomic E-state index is 11.4. The molecule has 0 fully saturated rings. The largest absolute Gasteiger partial charge is 0.479 e. The smallest absolute Gasteiger partial charge is 0.341 e. The number of hydrogen-bond acceptors (Lipinski definition) is 9. The van der Waals surface area contributed by atoms with Gasteiger partial charge in [-0.3, -0.25) is 14.6 Å². The number of carbonyl (C=O) groups excluding carboxylic acids is 2. The van der Waals surface area contributed by atoms with Crippen LogP contribution in [0, 0.1) is 0 Å². The van der Waals surface area contributed by atoms with Crippen molar-refractivity contribution in [1.29, 1.82) is 0 Å². The van der Waals surface area contributed by atoms with Crippen LogP contribution in [0.3, 0.4) is 0 Å². The van der Waals surface area contributed by atoms with Gasteiger partial charge in [0.05, 0.1) is 21.6 Å². The van der Waals surface area contributed by atoms with Crippen LogP contribution in [0.15, 0.2) is 64.9 Å². The first kappa shape index (κ1) is 25.7. The lowest BCUT2D eigenvalue weighted by atomic mass is 10.1. The van der Waals surface area contributed by atoms with Gasteiger partial charge in [-0.15, -0.1) is 11.3 Å². The van der Waals surface area contributed by atoms with Crippen molar-refractivity contribution in [1.82, 2.24) is 0 Å². The van der Waals surface area contributed by atoms with Crippen molar-refractivity contribution in [2.24, 2.45) is 17.3 Å². The number of nitrogens with one attached hydrogen (secondary N) is 1. The van der Waals surface area contributed by atoms with Crippen LogP contribution in [0.25, 0.3) is 10.4 Å². The molecule has 3 rings (SSSR count). The number of carboxylic acids is 1. The number of ether oxygens (including phenoxy) is 1. The summed E-state index contributed by atoms with van der Waals surface area (Å²) in [4.78, 5) is 34.5. The fourth-order valence-corrected chi connectivity index (χ4v) is 4.90. The molecule has 1 heterocycles. The fourth-order valence-electron chi connectivity index (χ4n) is 3.02. The monoisotopic (exact) mass is 559 g/mol. The van der Waals surface area contributed by atoms with Gasteiger partial charge in [0.2, 0.25) is 5.91 Å². The van der Waals surface area contributed by atoms with E-state index in [4.69, 9.17) is 27.2 Å². The lowest BCUT2D eigenvalue weighted by molar-refractivity contribution is -0.139. The van der Waals surface area contributed by atoms with Crippen LogP contribution in [-0.4, -0.2) is 36.4 Å². The van der Waals surface area contributed by atoms with Crippen LogP contribution < -0.4 is 32.4 Å². The molecule has 0 aliphatic carbocycles. The maximum absolute atomic E-state index is 11.4. The number of carboxylic acid groups (broad SMARTS) is 1. The number of nitrogens with zero attached hydrogens (tertiary/aromatic N) is 1. The van der Waals surface area contributed by atoms with E-state index in [1.54, 1.807) is 30.5 Å². The van der Waals surface area contributed by atoms with Crippen LogP contribution in [0.5, 0.6) is 5.75 Å². The standard InChI is InChI=1S/C23H22BrN5O5S/c24-20-21(34-12-19(31)32)18(11-30)35-22(20)14-2-1-3-16(8-14)28-9-15(25)10-29(27)17-6-4-13(5-7-17)23(26)33/h1-8,10-11,28H,9,12,25,27H2,(H2,26,33)(H,31,32)/b15-10-. The third-order valence-electron chi connectivity index (χ3n) is 4.66. The molecule has 0 saturated carbocycles. The Kier molecular flexibility index (Phi) is 8.47. The van der Waals surface area contributed by atoms with E-state index in [2.05, 4.69) is 21.2 Å². The second-order valence-electron chi connectivity index (χ2n) is 7.20. The molecular formula is C23H22BrN5O5S. The molecule has 0 unspecified atom stereocenters. The molecule has 3 aromatic rings. The van der Waals surface area contributed by atoms with Gasteiger partial charge in [-0.1, -0.05) is 12.1 Å². The van der Waals surface area contributed by atoms with Crippen molar-refractivity contribution in [3.8, 4) is 16.2 Å². The number of hydrazine groups is 1. The molecular weight excluding hydrogens is 538 g/mol. The van der Waals surface area contributed by atoms with Crippen molar-refractivity contribution >= 4 is 56.8 Å². The predicted molar refractivity (Wildman–Crippen MR) is 138 cm³/mol. The Bertz CT molecular complexity index is 1280. The minimum Gasteiger partial charge on any atom is -0.479 e. The first-order valence-electron chi connectivity index (χ1n) is 10.1. The van der Waals surface area contributed by atoms with Crippen molar-refractivity contribution in [2.45, 2.75) is 0 Å². The number of hydrogen-bond donors (Lipinski definition) is 5. The van der Waals surface area contributed by atoms with E-state index in [0.29, 0.717) is 32.6 Å². The number of anilines is 2. The Morgan fingerprint density at radius 1 is 1.17 bits per heavy atom. The highest BCUT2D eigenvalue weighted by Gasteiger charge is 2.20. The average molecular weight is 560 g/mol. The number of amides is 1. The van der Waals surface area contributed by atoms with Gasteiger partial charge >= 0.3 is 5.97 Å². The van der Waals surface area contributed by atoms with Crippen LogP contribution in [0.1, 0.15) is 20.0 Å². The highest BCUT2D eigenvalue weighted by molar-refractivity contribution is 9.10. The Morgan fingerprint density at radius 3 is 2.51 bits per heavy atom. The number of carbonyl (C=O) groups is 3. The van der Waals surface area contributed by atoms with Crippen LogP contribution in [-0.2, 0) is 4.79 Å². The van der Waals surface area contributed by atoms with Crippen molar-refractivity contribution < 1.29 is 24.2 Å². The van der Waals surface area contributed by atoms with Gasteiger partial charge < -0.3 is 26.6 Å². The third kappa shape index (κ3) is 6.59. The Labute approximate surface area is 213 Å². The second kappa shape index (κ2) is 11.5. The summed E-state index contributed by atoms with van der Waals surface area (Å²) in [5.74, 6) is 4.56. The van der Waals surface area contributed by atoms with E-state index >= 15 is 0 Å². The van der Waals surface area contributed by atoms with Crippen LogP contribution in [0.4, 0.5) is 11.4 Å². The molecule has 1 aromatic heterocycles. The first-order chi connectivity index (χ1) is 16.7. The number of aldehydes is 1. The summed E-state index contributed by atoms with van der Waals surface area (Å²) in [7, 11) is 0. The summed E-state index contributed by atoms with van der Waals surface area (Å²) in [6.45, 7) is -0.273. The van der Waals surface area contributed by atoms with E-state index in [1.807, 2.05) is 24.3 Å². The van der Waals surface area contributed by atoms with Gasteiger partial charge in [-0.05, 0) is 57.9 Å². The zero-order valence-electron chi connectivity index (χ0n) is 18.2. The molecule has 2 aromatic carbocycles. The molecule has 0 aliphatic heterocycles. The molecule has 12 heteroatoms.